The molecule has 1 N–H and O–H groups in total. The number of hydrogen-bond acceptors (Lipinski definition) is 4. The van der Waals surface area contributed by atoms with Gasteiger partial charge in [0.2, 0.25) is 10.0 Å². The van der Waals surface area contributed by atoms with Crippen LogP contribution < -0.4 is 5.32 Å². The van der Waals surface area contributed by atoms with E-state index in [-0.39, 0.29) is 10.3 Å². The Hall–Kier alpha value is -1.02. The summed E-state index contributed by atoms with van der Waals surface area (Å²) in [4.78, 5) is 2.55. The van der Waals surface area contributed by atoms with Gasteiger partial charge in [-0.3, -0.25) is 0 Å². The van der Waals surface area contributed by atoms with E-state index in [2.05, 4.69) is 17.1 Å². The molecule has 0 amide bonds. The van der Waals surface area contributed by atoms with Crippen molar-refractivity contribution in [1.82, 2.24) is 14.5 Å². The van der Waals surface area contributed by atoms with Gasteiger partial charge in [0.25, 0.3) is 0 Å². The van der Waals surface area contributed by atoms with Gasteiger partial charge in [0, 0.05) is 32.7 Å². The summed E-state index contributed by atoms with van der Waals surface area (Å²) in [6, 6.07) is 5.09. The minimum atomic E-state index is -3.54. The van der Waals surface area contributed by atoms with E-state index >= 15 is 0 Å². The lowest BCUT2D eigenvalue weighted by atomic mass is 9.89. The second kappa shape index (κ2) is 7.07. The van der Waals surface area contributed by atoms with Crippen molar-refractivity contribution in [3.63, 3.8) is 0 Å². The summed E-state index contributed by atoms with van der Waals surface area (Å²) in [6.07, 6.45) is 1.99. The molecule has 2 saturated heterocycles. The first-order valence-electron chi connectivity index (χ1n) is 8.58. The molecule has 1 unspecified atom stereocenters. The van der Waals surface area contributed by atoms with Crippen molar-refractivity contribution >= 4 is 10.0 Å². The second-order valence-corrected chi connectivity index (χ2v) is 9.16. The average Bonchev–Trinajstić information content (AvgIpc) is 2.82. The fourth-order valence-corrected chi connectivity index (χ4v) is 5.11. The number of sulfonamides is 1. The summed E-state index contributed by atoms with van der Waals surface area (Å²) in [7, 11) is -3.54. The van der Waals surface area contributed by atoms with E-state index in [0.717, 1.165) is 39.1 Å². The topological polar surface area (TPSA) is 52.7 Å². The van der Waals surface area contributed by atoms with Crippen LogP contribution in [0.3, 0.4) is 0 Å². The van der Waals surface area contributed by atoms with Crippen molar-refractivity contribution in [1.29, 1.82) is 0 Å². The van der Waals surface area contributed by atoms with Crippen LogP contribution >= 0.6 is 0 Å². The predicted octanol–water partition coefficient (Wildman–Crippen LogP) is 1.52. The quantitative estimate of drug-likeness (QED) is 0.890. The van der Waals surface area contributed by atoms with Gasteiger partial charge in [-0.05, 0) is 55.6 Å². The smallest absolute Gasteiger partial charge is 0.243 e. The van der Waals surface area contributed by atoms with Crippen LogP contribution in [0.4, 0.5) is 4.39 Å². The molecule has 0 aromatic heterocycles. The lowest BCUT2D eigenvalue weighted by Gasteiger charge is -2.31. The van der Waals surface area contributed by atoms with Crippen LogP contribution in [0.25, 0.3) is 0 Å². The normalized spacial score (nSPS) is 27.2. The number of hydrogen-bond donors (Lipinski definition) is 1. The average molecular weight is 355 g/mol. The zero-order chi connectivity index (χ0) is 17.2. The van der Waals surface area contributed by atoms with E-state index in [4.69, 9.17) is 0 Å². The molecule has 2 heterocycles. The molecule has 5 nitrogen and oxygen atoms in total. The number of halogens is 1. The molecule has 2 aliphatic heterocycles. The van der Waals surface area contributed by atoms with Gasteiger partial charge >= 0.3 is 0 Å². The first kappa shape index (κ1) is 17.8. The molecule has 0 bridgehead atoms. The van der Waals surface area contributed by atoms with Gasteiger partial charge in [-0.1, -0.05) is 6.92 Å². The summed E-state index contributed by atoms with van der Waals surface area (Å²) in [5, 5.41) is 3.41. The fraction of sp³-hybridized carbons (Fsp3) is 0.647. The molecule has 0 saturated carbocycles. The maximum absolute atomic E-state index is 13.0. The SMILES string of the molecule is CC1(CN2CCCN(S(=O)(=O)c3ccc(F)cc3)CC2)CCNC1. The first-order valence-corrected chi connectivity index (χ1v) is 10.0. The lowest BCUT2D eigenvalue weighted by Crippen LogP contribution is -2.40. The first-order chi connectivity index (χ1) is 11.4. The molecular formula is C17H26FN3O2S. The minimum absolute atomic E-state index is 0.171. The Labute approximate surface area is 143 Å². The van der Waals surface area contributed by atoms with Crippen molar-refractivity contribution < 1.29 is 12.8 Å². The molecule has 0 radical (unpaired) electrons. The van der Waals surface area contributed by atoms with Crippen molar-refractivity contribution in [2.75, 3.05) is 45.8 Å². The zero-order valence-corrected chi connectivity index (χ0v) is 15.0. The van der Waals surface area contributed by atoms with E-state index in [9.17, 15) is 12.8 Å². The Kier molecular flexibility index (Phi) is 5.24. The van der Waals surface area contributed by atoms with Gasteiger partial charge < -0.3 is 10.2 Å². The van der Waals surface area contributed by atoms with Gasteiger partial charge in [-0.15, -0.1) is 0 Å². The molecular weight excluding hydrogens is 329 g/mol. The number of nitrogens with zero attached hydrogens (tertiary/aromatic N) is 2. The van der Waals surface area contributed by atoms with Crippen LogP contribution in [0, 0.1) is 11.2 Å². The Bertz CT molecular complexity index is 657. The van der Waals surface area contributed by atoms with Crippen LogP contribution in [0.15, 0.2) is 29.2 Å². The molecule has 134 valence electrons. The molecule has 2 aliphatic rings. The molecule has 1 aromatic carbocycles. The maximum Gasteiger partial charge on any atom is 0.243 e. The highest BCUT2D eigenvalue weighted by molar-refractivity contribution is 7.89. The summed E-state index contributed by atoms with van der Waals surface area (Å²) in [5.41, 5.74) is 0.283. The van der Waals surface area contributed by atoms with Crippen molar-refractivity contribution in [3.8, 4) is 0 Å². The van der Waals surface area contributed by atoms with Gasteiger partial charge in [0.05, 0.1) is 4.90 Å². The fourth-order valence-electron chi connectivity index (χ4n) is 3.64. The molecule has 2 fully saturated rings. The van der Waals surface area contributed by atoms with Gasteiger partial charge in [-0.25, -0.2) is 12.8 Å². The predicted molar refractivity (Wildman–Crippen MR) is 91.8 cm³/mol. The Morgan fingerprint density at radius 1 is 1.17 bits per heavy atom. The molecule has 24 heavy (non-hydrogen) atoms. The molecule has 3 rings (SSSR count). The Morgan fingerprint density at radius 2 is 1.92 bits per heavy atom. The van der Waals surface area contributed by atoms with Crippen LogP contribution in [-0.2, 0) is 10.0 Å². The van der Waals surface area contributed by atoms with Crippen molar-refractivity contribution in [2.45, 2.75) is 24.7 Å². The second-order valence-electron chi connectivity index (χ2n) is 7.23. The van der Waals surface area contributed by atoms with E-state index in [1.54, 1.807) is 0 Å². The minimum Gasteiger partial charge on any atom is -0.316 e. The van der Waals surface area contributed by atoms with Crippen molar-refractivity contribution in [2.24, 2.45) is 5.41 Å². The maximum atomic E-state index is 13.0. The highest BCUT2D eigenvalue weighted by Crippen LogP contribution is 2.26. The van der Waals surface area contributed by atoms with Crippen LogP contribution in [0.1, 0.15) is 19.8 Å². The number of nitrogens with one attached hydrogen (secondary N) is 1. The third kappa shape index (κ3) is 3.96. The Balaban J connectivity index is 1.65. The monoisotopic (exact) mass is 355 g/mol. The Morgan fingerprint density at radius 3 is 2.58 bits per heavy atom. The zero-order valence-electron chi connectivity index (χ0n) is 14.2. The summed E-state index contributed by atoms with van der Waals surface area (Å²) in [5.74, 6) is -0.422. The third-order valence-electron chi connectivity index (χ3n) is 5.06. The van der Waals surface area contributed by atoms with Gasteiger partial charge in [0.1, 0.15) is 5.82 Å². The highest BCUT2D eigenvalue weighted by atomic mass is 32.2. The van der Waals surface area contributed by atoms with E-state index < -0.39 is 15.8 Å². The van der Waals surface area contributed by atoms with E-state index in [1.807, 2.05) is 0 Å². The number of benzene rings is 1. The highest BCUT2D eigenvalue weighted by Gasteiger charge is 2.32. The lowest BCUT2D eigenvalue weighted by molar-refractivity contribution is 0.184. The van der Waals surface area contributed by atoms with Crippen molar-refractivity contribution in [3.05, 3.63) is 30.1 Å². The molecule has 0 aliphatic carbocycles. The van der Waals surface area contributed by atoms with Crippen LogP contribution in [0.5, 0.6) is 0 Å². The van der Waals surface area contributed by atoms with E-state index in [1.165, 1.54) is 35.0 Å². The van der Waals surface area contributed by atoms with Gasteiger partial charge in [0.15, 0.2) is 0 Å². The van der Waals surface area contributed by atoms with Crippen LogP contribution in [0.2, 0.25) is 0 Å². The summed E-state index contributed by atoms with van der Waals surface area (Å²) < 4.78 is 40.1. The third-order valence-corrected chi connectivity index (χ3v) is 6.97. The molecule has 1 atom stereocenters. The van der Waals surface area contributed by atoms with E-state index in [0.29, 0.717) is 13.1 Å². The summed E-state index contributed by atoms with van der Waals surface area (Å²) >= 11 is 0. The molecule has 0 spiro atoms. The largest absolute Gasteiger partial charge is 0.316 e. The molecule has 7 heteroatoms. The number of rotatable bonds is 4. The van der Waals surface area contributed by atoms with Gasteiger partial charge in [-0.2, -0.15) is 4.31 Å². The standard InChI is InChI=1S/C17H26FN3O2S/c1-17(7-8-19-13-17)14-20-9-2-10-21(12-11-20)24(22,23)16-5-3-15(18)4-6-16/h3-6,19H,2,7-14H2,1H3. The molecule has 1 aromatic rings. The van der Waals surface area contributed by atoms with Crippen LogP contribution in [-0.4, -0.2) is 63.4 Å². The summed E-state index contributed by atoms with van der Waals surface area (Å²) in [6.45, 7) is 8.07.